The van der Waals surface area contributed by atoms with E-state index in [4.69, 9.17) is 16.3 Å². The van der Waals surface area contributed by atoms with Gasteiger partial charge in [-0.05, 0) is 80.4 Å². The Hall–Kier alpha value is -4.12. The molecule has 0 aliphatic heterocycles. The third-order valence-corrected chi connectivity index (χ3v) is 7.04. The summed E-state index contributed by atoms with van der Waals surface area (Å²) in [6.45, 7) is 6.23. The zero-order chi connectivity index (χ0) is 26.5. The number of hydrogen-bond donors (Lipinski definition) is 1. The number of hydrogen-bond acceptors (Lipinski definition) is 5. The quantitative estimate of drug-likeness (QED) is 0.392. The zero-order valence-corrected chi connectivity index (χ0v) is 22.1. The van der Waals surface area contributed by atoms with Crippen LogP contribution in [0.15, 0.2) is 71.5 Å². The molecule has 1 aromatic heterocycles. The minimum absolute atomic E-state index is 0.167. The second-order valence-electron chi connectivity index (χ2n) is 8.25. The first-order chi connectivity index (χ1) is 17.8. The second kappa shape index (κ2) is 11.3. The van der Waals surface area contributed by atoms with Crippen LogP contribution in [0.5, 0.6) is 5.75 Å². The largest absolute Gasteiger partial charge is 0.493 e. The highest BCUT2D eigenvalue weighted by molar-refractivity contribution is 7.07. The van der Waals surface area contributed by atoms with E-state index in [-0.39, 0.29) is 15.8 Å². The van der Waals surface area contributed by atoms with Crippen molar-refractivity contribution in [1.29, 1.82) is 5.26 Å². The van der Waals surface area contributed by atoms with Gasteiger partial charge in [-0.25, -0.2) is 0 Å². The minimum Gasteiger partial charge on any atom is -0.493 e. The van der Waals surface area contributed by atoms with E-state index in [1.807, 2.05) is 45.0 Å². The van der Waals surface area contributed by atoms with Crippen LogP contribution in [0.3, 0.4) is 0 Å². The Kier molecular flexibility index (Phi) is 7.92. The van der Waals surface area contributed by atoms with Gasteiger partial charge in [-0.1, -0.05) is 35.9 Å². The number of nitrogens with one attached hydrogen (secondary N) is 1. The maximum atomic E-state index is 13.6. The van der Waals surface area contributed by atoms with E-state index in [0.717, 1.165) is 22.5 Å². The third-order valence-electron chi connectivity index (χ3n) is 5.71. The SMILES string of the molecule is CCOc1ccc(Cl)cc1C=c1sc(=C(C#N)C(=O)Nc2ccc(C)c(C)c2)n(-c2ccccc2)c1=O. The van der Waals surface area contributed by atoms with Gasteiger partial charge in [0.05, 0.1) is 16.8 Å². The van der Waals surface area contributed by atoms with Crippen molar-refractivity contribution < 1.29 is 9.53 Å². The molecule has 0 atom stereocenters. The van der Waals surface area contributed by atoms with Gasteiger partial charge in [0.2, 0.25) is 0 Å². The van der Waals surface area contributed by atoms with Crippen LogP contribution in [-0.2, 0) is 4.79 Å². The summed E-state index contributed by atoms with van der Waals surface area (Å²) in [5.41, 5.74) is 3.31. The first-order valence-corrected chi connectivity index (χ1v) is 12.8. The molecule has 6 nitrogen and oxygen atoms in total. The number of anilines is 1. The number of para-hydroxylation sites is 1. The summed E-state index contributed by atoms with van der Waals surface area (Å²) in [5.74, 6) is -0.0227. The average Bonchev–Trinajstić information content (AvgIpc) is 3.19. The Balaban J connectivity index is 1.96. The number of carbonyl (C=O) groups is 1. The fraction of sp³-hybridized carbons (Fsp3) is 0.138. The van der Waals surface area contributed by atoms with Gasteiger partial charge in [-0.2, -0.15) is 5.26 Å². The minimum atomic E-state index is -0.596. The fourth-order valence-corrected chi connectivity index (χ4v) is 5.00. The lowest BCUT2D eigenvalue weighted by molar-refractivity contribution is -0.111. The van der Waals surface area contributed by atoms with Crippen molar-refractivity contribution in [3.63, 3.8) is 0 Å². The molecule has 37 heavy (non-hydrogen) atoms. The predicted octanol–water partition coefficient (Wildman–Crippen LogP) is 4.71. The van der Waals surface area contributed by atoms with Gasteiger partial charge in [0.15, 0.2) is 5.57 Å². The van der Waals surface area contributed by atoms with Gasteiger partial charge in [0, 0.05) is 16.3 Å². The summed E-state index contributed by atoms with van der Waals surface area (Å²) in [5, 5.41) is 13.3. The Morgan fingerprint density at radius 3 is 2.54 bits per heavy atom. The van der Waals surface area contributed by atoms with E-state index in [1.54, 1.807) is 54.6 Å². The number of ether oxygens (including phenoxy) is 1. The van der Waals surface area contributed by atoms with Crippen molar-refractivity contribution in [3.8, 4) is 17.5 Å². The normalized spacial score (nSPS) is 12.1. The number of aryl methyl sites for hydroxylation is 2. The molecule has 0 spiro atoms. The van der Waals surface area contributed by atoms with Crippen molar-refractivity contribution in [3.05, 3.63) is 108 Å². The molecule has 0 saturated carbocycles. The monoisotopic (exact) mass is 529 g/mol. The standard InChI is InChI=1S/C29H24ClN3O3S/c1-4-36-25-13-11-21(30)15-20(25)16-26-28(35)33(23-8-6-5-7-9-23)29(37-26)24(17-31)27(34)32-22-12-10-18(2)19(3)14-22/h5-16H,4H2,1-3H3,(H,32,34). The topological polar surface area (TPSA) is 84.1 Å². The Labute approximate surface area is 223 Å². The van der Waals surface area contributed by atoms with Crippen molar-refractivity contribution in [2.45, 2.75) is 20.8 Å². The van der Waals surface area contributed by atoms with Gasteiger partial charge in [-0.15, -0.1) is 11.3 Å². The van der Waals surface area contributed by atoms with E-state index in [1.165, 1.54) is 4.57 Å². The molecule has 1 N–H and O–H groups in total. The van der Waals surface area contributed by atoms with Crippen molar-refractivity contribution in [2.24, 2.45) is 0 Å². The van der Waals surface area contributed by atoms with Crippen molar-refractivity contribution >= 4 is 46.2 Å². The number of amides is 1. The highest BCUT2D eigenvalue weighted by Crippen LogP contribution is 2.23. The first-order valence-electron chi connectivity index (χ1n) is 11.6. The van der Waals surface area contributed by atoms with Gasteiger partial charge in [0.25, 0.3) is 11.5 Å². The smallest absolute Gasteiger partial charge is 0.273 e. The molecular weight excluding hydrogens is 506 g/mol. The van der Waals surface area contributed by atoms with E-state index < -0.39 is 5.91 Å². The van der Waals surface area contributed by atoms with Gasteiger partial charge in [-0.3, -0.25) is 14.2 Å². The number of rotatable bonds is 6. The second-order valence-corrected chi connectivity index (χ2v) is 9.71. The molecule has 4 rings (SSSR count). The number of thiazole rings is 1. The molecule has 186 valence electrons. The molecule has 0 aliphatic rings. The van der Waals surface area contributed by atoms with E-state index >= 15 is 0 Å². The maximum absolute atomic E-state index is 13.6. The Bertz CT molecular complexity index is 1700. The summed E-state index contributed by atoms with van der Waals surface area (Å²) in [4.78, 5) is 26.9. The van der Waals surface area contributed by atoms with Crippen LogP contribution in [-0.4, -0.2) is 17.1 Å². The number of aromatic nitrogens is 1. The Morgan fingerprint density at radius 2 is 1.86 bits per heavy atom. The highest BCUT2D eigenvalue weighted by atomic mass is 35.5. The molecule has 0 unspecified atom stereocenters. The molecule has 0 saturated heterocycles. The molecular formula is C29H24ClN3O3S. The lowest BCUT2D eigenvalue weighted by Gasteiger charge is -2.07. The third kappa shape index (κ3) is 5.67. The fourth-order valence-electron chi connectivity index (χ4n) is 3.73. The Morgan fingerprint density at radius 1 is 1.11 bits per heavy atom. The van der Waals surface area contributed by atoms with Crippen LogP contribution in [0.2, 0.25) is 5.02 Å². The van der Waals surface area contributed by atoms with Crippen molar-refractivity contribution in [2.75, 3.05) is 11.9 Å². The van der Waals surface area contributed by atoms with E-state index in [0.29, 0.717) is 38.8 Å². The van der Waals surface area contributed by atoms with Gasteiger partial charge in [0.1, 0.15) is 16.5 Å². The summed E-state index contributed by atoms with van der Waals surface area (Å²) < 4.78 is 7.65. The summed E-state index contributed by atoms with van der Waals surface area (Å²) in [6.07, 6.45) is 1.67. The number of benzene rings is 3. The molecule has 1 amide bonds. The molecule has 3 aromatic carbocycles. The molecule has 0 radical (unpaired) electrons. The number of carbonyl (C=O) groups excluding carboxylic acids is 1. The lowest BCUT2D eigenvalue weighted by Crippen LogP contribution is -2.32. The van der Waals surface area contributed by atoms with Crippen LogP contribution in [0.1, 0.15) is 23.6 Å². The van der Waals surface area contributed by atoms with Crippen LogP contribution >= 0.6 is 22.9 Å². The molecule has 0 bridgehead atoms. The predicted molar refractivity (Wildman–Crippen MR) is 149 cm³/mol. The number of halogens is 1. The lowest BCUT2D eigenvalue weighted by atomic mass is 10.1. The first kappa shape index (κ1) is 26.0. The highest BCUT2D eigenvalue weighted by Gasteiger charge is 2.18. The maximum Gasteiger partial charge on any atom is 0.273 e. The molecule has 0 fully saturated rings. The van der Waals surface area contributed by atoms with E-state index in [2.05, 4.69) is 5.32 Å². The molecule has 8 heteroatoms. The molecule has 4 aromatic rings. The van der Waals surface area contributed by atoms with Crippen LogP contribution in [0.4, 0.5) is 5.69 Å². The van der Waals surface area contributed by atoms with Gasteiger partial charge >= 0.3 is 0 Å². The zero-order valence-electron chi connectivity index (χ0n) is 20.5. The van der Waals surface area contributed by atoms with Crippen molar-refractivity contribution in [1.82, 2.24) is 4.57 Å². The van der Waals surface area contributed by atoms with E-state index in [9.17, 15) is 14.9 Å². The average molecular weight is 530 g/mol. The van der Waals surface area contributed by atoms with Crippen LogP contribution in [0.25, 0.3) is 17.3 Å². The number of nitrogens with zero attached hydrogens (tertiary/aromatic N) is 2. The van der Waals surface area contributed by atoms with Crippen LogP contribution < -0.4 is 24.8 Å². The van der Waals surface area contributed by atoms with Crippen LogP contribution in [0, 0.1) is 25.2 Å². The summed E-state index contributed by atoms with van der Waals surface area (Å²) >= 11 is 7.27. The molecule has 1 heterocycles. The molecule has 0 aliphatic carbocycles. The van der Waals surface area contributed by atoms with Gasteiger partial charge < -0.3 is 10.1 Å². The number of nitriles is 1. The summed E-state index contributed by atoms with van der Waals surface area (Å²) in [7, 11) is 0. The summed E-state index contributed by atoms with van der Waals surface area (Å²) in [6, 6.07) is 21.6.